The molecule has 0 radical (unpaired) electrons. The largest absolute Gasteiger partial charge is 0.497 e. The first kappa shape index (κ1) is 29.7. The van der Waals surface area contributed by atoms with Crippen LogP contribution in [0.1, 0.15) is 53.6 Å². The van der Waals surface area contributed by atoms with Crippen molar-refractivity contribution in [3.63, 3.8) is 0 Å². The van der Waals surface area contributed by atoms with Crippen molar-refractivity contribution < 1.29 is 33.3 Å². The van der Waals surface area contributed by atoms with Gasteiger partial charge < -0.3 is 24.6 Å². The molecule has 0 saturated carbocycles. The van der Waals surface area contributed by atoms with E-state index < -0.39 is 29.7 Å². The zero-order valence-corrected chi connectivity index (χ0v) is 24.8. The summed E-state index contributed by atoms with van der Waals surface area (Å²) in [7, 11) is 1.44. The maximum atomic E-state index is 15.6. The molecular weight excluding hydrogens is 563 g/mol. The van der Waals surface area contributed by atoms with Crippen molar-refractivity contribution in [3.8, 4) is 17.2 Å². The third-order valence-corrected chi connectivity index (χ3v) is 8.50. The molecule has 2 heterocycles. The molecule has 42 heavy (non-hydrogen) atoms. The Labute approximate surface area is 249 Å². The quantitative estimate of drug-likeness (QED) is 0.307. The summed E-state index contributed by atoms with van der Waals surface area (Å²) in [6, 6.07) is 10.7. The summed E-state index contributed by atoms with van der Waals surface area (Å²) < 4.78 is 31.9. The van der Waals surface area contributed by atoms with Gasteiger partial charge in [0, 0.05) is 34.8 Å². The van der Waals surface area contributed by atoms with E-state index in [9.17, 15) is 14.7 Å². The number of anilines is 1. The standard InChI is InChI=1S/C32H34ClFN2O6/c1-5-18-11-20(33)12-19(6-2)29(18)35-27(37)15-36-14-24(22-9-10-26-31(17(22)3)42-16-41-26)28(32(38)39)30(36)23-8-7-21(40-4)13-25(23)34/h7-13,24,28,30H,5-6,14-16H2,1-4H3,(H,35,37)(H,38,39)/t24-,28?,30+/m1/s1. The number of benzene rings is 3. The molecule has 1 fully saturated rings. The van der Waals surface area contributed by atoms with Crippen molar-refractivity contribution in [3.05, 3.63) is 81.1 Å². The van der Waals surface area contributed by atoms with Crippen LogP contribution < -0.4 is 19.5 Å². The Hall–Kier alpha value is -3.82. The molecule has 0 spiro atoms. The van der Waals surface area contributed by atoms with Gasteiger partial charge in [0.25, 0.3) is 0 Å². The number of aliphatic carboxylic acids is 1. The molecule has 0 aromatic heterocycles. The van der Waals surface area contributed by atoms with Crippen molar-refractivity contribution >= 4 is 29.2 Å². The highest BCUT2D eigenvalue weighted by Gasteiger charge is 2.49. The lowest BCUT2D eigenvalue weighted by Gasteiger charge is -2.27. The monoisotopic (exact) mass is 596 g/mol. The number of rotatable bonds is 9. The first-order valence-electron chi connectivity index (χ1n) is 14.0. The number of aryl methyl sites for hydroxylation is 2. The first-order chi connectivity index (χ1) is 20.2. The number of nitrogens with one attached hydrogen (secondary N) is 1. The average Bonchev–Trinajstić information content (AvgIpc) is 3.59. The van der Waals surface area contributed by atoms with Crippen LogP contribution in [0.2, 0.25) is 5.02 Å². The minimum Gasteiger partial charge on any atom is -0.497 e. The lowest BCUT2D eigenvalue weighted by Crippen LogP contribution is -2.35. The number of amides is 1. The van der Waals surface area contributed by atoms with Crippen molar-refractivity contribution in [2.24, 2.45) is 5.92 Å². The van der Waals surface area contributed by atoms with Gasteiger partial charge in [0.15, 0.2) is 11.5 Å². The Morgan fingerprint density at radius 2 is 1.79 bits per heavy atom. The summed E-state index contributed by atoms with van der Waals surface area (Å²) in [5.74, 6) is -2.13. The third-order valence-electron chi connectivity index (χ3n) is 8.28. The van der Waals surface area contributed by atoms with Crippen LogP contribution in [0.15, 0.2) is 42.5 Å². The van der Waals surface area contributed by atoms with E-state index in [1.165, 1.54) is 19.2 Å². The minimum atomic E-state index is -1.08. The molecule has 0 aliphatic carbocycles. The average molecular weight is 597 g/mol. The molecule has 5 rings (SSSR count). The number of methoxy groups -OCH3 is 1. The van der Waals surface area contributed by atoms with Crippen LogP contribution in [0.4, 0.5) is 10.1 Å². The molecule has 3 atom stereocenters. The Morgan fingerprint density at radius 3 is 2.40 bits per heavy atom. The molecule has 10 heteroatoms. The van der Waals surface area contributed by atoms with E-state index in [4.69, 9.17) is 25.8 Å². The van der Waals surface area contributed by atoms with E-state index in [1.807, 2.05) is 39.0 Å². The van der Waals surface area contributed by atoms with E-state index in [1.54, 1.807) is 17.0 Å². The zero-order valence-electron chi connectivity index (χ0n) is 24.0. The summed E-state index contributed by atoms with van der Waals surface area (Å²) in [5, 5.41) is 14.2. The van der Waals surface area contributed by atoms with Crippen molar-refractivity contribution in [2.45, 2.75) is 45.6 Å². The summed E-state index contributed by atoms with van der Waals surface area (Å²) in [4.78, 5) is 28.3. The van der Waals surface area contributed by atoms with E-state index >= 15 is 4.39 Å². The zero-order chi connectivity index (χ0) is 30.1. The molecule has 8 nitrogen and oxygen atoms in total. The number of halogens is 2. The number of hydrogen-bond acceptors (Lipinski definition) is 6. The summed E-state index contributed by atoms with van der Waals surface area (Å²) in [5.41, 5.74) is 4.23. The fourth-order valence-corrected chi connectivity index (χ4v) is 6.55. The molecule has 2 aliphatic rings. The molecule has 1 amide bonds. The SMILES string of the molecule is CCc1cc(Cl)cc(CC)c1NC(=O)CN1C[C@H](c2ccc3c(c2C)OCO3)C(C(=O)O)[C@@H]1c1ccc(OC)cc1F. The number of carboxylic acid groups (broad SMARTS) is 1. The molecular formula is C32H34ClFN2O6. The second-order valence-corrected chi connectivity index (χ2v) is 11.0. The molecule has 1 saturated heterocycles. The van der Waals surface area contributed by atoms with Gasteiger partial charge in [-0.25, -0.2) is 4.39 Å². The van der Waals surface area contributed by atoms with Crippen LogP contribution in [0.25, 0.3) is 0 Å². The van der Waals surface area contributed by atoms with Crippen molar-refractivity contribution in [1.82, 2.24) is 4.90 Å². The minimum absolute atomic E-state index is 0.0861. The van der Waals surface area contributed by atoms with Gasteiger partial charge in [0.05, 0.1) is 25.6 Å². The van der Waals surface area contributed by atoms with Crippen LogP contribution in [-0.2, 0) is 22.4 Å². The Kier molecular flexibility index (Phi) is 8.61. The number of hydrogen-bond donors (Lipinski definition) is 2. The molecule has 2 aliphatic heterocycles. The number of carbonyl (C=O) groups excluding carboxylic acids is 1. The predicted molar refractivity (Wildman–Crippen MR) is 157 cm³/mol. The van der Waals surface area contributed by atoms with E-state index in [0.717, 1.165) is 22.3 Å². The predicted octanol–water partition coefficient (Wildman–Crippen LogP) is 6.13. The topological polar surface area (TPSA) is 97.3 Å². The molecule has 222 valence electrons. The smallest absolute Gasteiger partial charge is 0.309 e. The Morgan fingerprint density at radius 1 is 1.10 bits per heavy atom. The van der Waals surface area contributed by atoms with Gasteiger partial charge in [-0.1, -0.05) is 37.6 Å². The molecule has 0 bridgehead atoms. The number of ether oxygens (including phenoxy) is 3. The molecule has 1 unspecified atom stereocenters. The Bertz CT molecular complexity index is 1500. The summed E-state index contributed by atoms with van der Waals surface area (Å²) >= 11 is 6.31. The third kappa shape index (κ3) is 5.51. The second-order valence-electron chi connectivity index (χ2n) is 10.6. The van der Waals surface area contributed by atoms with Crippen LogP contribution in [0, 0.1) is 18.7 Å². The molecule has 2 N–H and O–H groups in total. The fourth-order valence-electron chi connectivity index (χ4n) is 6.29. The van der Waals surface area contributed by atoms with Gasteiger partial charge in [-0.3, -0.25) is 14.5 Å². The van der Waals surface area contributed by atoms with Crippen LogP contribution in [0.3, 0.4) is 0 Å². The fraction of sp³-hybridized carbons (Fsp3) is 0.375. The number of carbonyl (C=O) groups is 2. The molecule has 3 aromatic rings. The normalized spacial score (nSPS) is 19.6. The van der Waals surface area contributed by atoms with E-state index in [2.05, 4.69) is 5.32 Å². The van der Waals surface area contributed by atoms with Gasteiger partial charge in [-0.2, -0.15) is 0 Å². The Balaban J connectivity index is 1.54. The lowest BCUT2D eigenvalue weighted by atomic mass is 9.81. The summed E-state index contributed by atoms with van der Waals surface area (Å²) in [6.45, 7) is 5.98. The summed E-state index contributed by atoms with van der Waals surface area (Å²) in [6.07, 6.45) is 1.33. The maximum absolute atomic E-state index is 15.6. The van der Waals surface area contributed by atoms with Crippen LogP contribution in [0.5, 0.6) is 17.2 Å². The van der Waals surface area contributed by atoms with Crippen molar-refractivity contribution in [2.75, 3.05) is 32.3 Å². The van der Waals surface area contributed by atoms with Gasteiger partial charge in [-0.05, 0) is 66.3 Å². The van der Waals surface area contributed by atoms with Crippen LogP contribution in [-0.4, -0.2) is 48.9 Å². The molecule has 3 aromatic carbocycles. The number of carboxylic acids is 1. The number of nitrogens with zero attached hydrogens (tertiary/aromatic N) is 1. The van der Waals surface area contributed by atoms with E-state index in [0.29, 0.717) is 40.8 Å². The highest BCUT2D eigenvalue weighted by Crippen LogP contribution is 2.50. The highest BCUT2D eigenvalue weighted by molar-refractivity contribution is 6.30. The van der Waals surface area contributed by atoms with Gasteiger partial charge >= 0.3 is 5.97 Å². The van der Waals surface area contributed by atoms with Gasteiger partial charge in [-0.15, -0.1) is 0 Å². The van der Waals surface area contributed by atoms with Crippen LogP contribution >= 0.6 is 11.6 Å². The van der Waals surface area contributed by atoms with Crippen molar-refractivity contribution in [1.29, 1.82) is 0 Å². The van der Waals surface area contributed by atoms with Gasteiger partial charge in [0.2, 0.25) is 12.7 Å². The van der Waals surface area contributed by atoms with E-state index in [-0.39, 0.29) is 31.4 Å². The number of fused-ring (bicyclic) bond motifs is 1. The number of likely N-dealkylation sites (tertiary alicyclic amines) is 1. The maximum Gasteiger partial charge on any atom is 0.309 e. The first-order valence-corrected chi connectivity index (χ1v) is 14.3. The lowest BCUT2D eigenvalue weighted by molar-refractivity contribution is -0.143. The van der Waals surface area contributed by atoms with Gasteiger partial charge in [0.1, 0.15) is 11.6 Å². The second kappa shape index (κ2) is 12.2. The highest BCUT2D eigenvalue weighted by atomic mass is 35.5.